The van der Waals surface area contributed by atoms with E-state index in [0.717, 1.165) is 31.8 Å². The summed E-state index contributed by atoms with van der Waals surface area (Å²) in [5, 5.41) is 3.24. The van der Waals surface area contributed by atoms with Crippen molar-refractivity contribution < 1.29 is 4.79 Å². The smallest absolute Gasteiger partial charge is 0.220 e. The second-order valence-corrected chi connectivity index (χ2v) is 6.03. The van der Waals surface area contributed by atoms with Crippen LogP contribution < -0.4 is 11.1 Å². The second kappa shape index (κ2) is 6.53. The van der Waals surface area contributed by atoms with E-state index in [4.69, 9.17) is 5.73 Å². The van der Waals surface area contributed by atoms with Crippen LogP contribution in [0.5, 0.6) is 0 Å². The van der Waals surface area contributed by atoms with Crippen molar-refractivity contribution in [3.05, 3.63) is 0 Å². The Bertz CT molecular complexity index is 274. The Morgan fingerprint density at radius 3 is 2.67 bits per heavy atom. The van der Waals surface area contributed by atoms with Crippen molar-refractivity contribution >= 4 is 5.91 Å². The number of nitrogens with two attached hydrogens (primary N) is 1. The lowest BCUT2D eigenvalue weighted by Crippen LogP contribution is -2.57. The molecule has 2 unspecified atom stereocenters. The molecular weight excluding hydrogens is 226 g/mol. The molecule has 0 saturated carbocycles. The third-order valence-corrected chi connectivity index (χ3v) is 4.53. The summed E-state index contributed by atoms with van der Waals surface area (Å²) in [4.78, 5) is 14.4. The van der Waals surface area contributed by atoms with E-state index in [1.807, 2.05) is 0 Å². The highest BCUT2D eigenvalue weighted by Crippen LogP contribution is 2.27. The van der Waals surface area contributed by atoms with Gasteiger partial charge in [-0.05, 0) is 57.2 Å². The number of nitrogens with zero attached hydrogens (tertiary/aromatic N) is 1. The zero-order chi connectivity index (χ0) is 13.0. The molecule has 2 atom stereocenters. The molecular formula is C14H27N3O. The fraction of sp³-hybridized carbons (Fsp3) is 0.929. The van der Waals surface area contributed by atoms with E-state index >= 15 is 0 Å². The molecule has 3 heterocycles. The molecule has 0 aromatic heterocycles. The van der Waals surface area contributed by atoms with Crippen LogP contribution in [0, 0.1) is 11.8 Å². The molecule has 0 aromatic carbocycles. The average molecular weight is 253 g/mol. The fourth-order valence-electron chi connectivity index (χ4n) is 3.21. The molecule has 3 saturated heterocycles. The molecule has 3 rings (SSSR count). The van der Waals surface area contributed by atoms with Crippen LogP contribution in [0.25, 0.3) is 0 Å². The molecule has 2 bridgehead atoms. The number of hydrogen-bond donors (Lipinski definition) is 2. The predicted molar refractivity (Wildman–Crippen MR) is 73.2 cm³/mol. The second-order valence-electron chi connectivity index (χ2n) is 6.03. The van der Waals surface area contributed by atoms with Gasteiger partial charge >= 0.3 is 0 Å². The van der Waals surface area contributed by atoms with Crippen molar-refractivity contribution in [3.63, 3.8) is 0 Å². The molecule has 0 radical (unpaired) electrons. The average Bonchev–Trinajstić information content (AvgIpc) is 2.38. The first-order valence-electron chi connectivity index (χ1n) is 7.41. The molecule has 18 heavy (non-hydrogen) atoms. The summed E-state index contributed by atoms with van der Waals surface area (Å²) in [7, 11) is 0. The summed E-state index contributed by atoms with van der Waals surface area (Å²) in [6, 6.07) is 0.407. The maximum atomic E-state index is 11.9. The number of piperidine rings is 3. The number of amides is 1. The first-order chi connectivity index (χ1) is 8.69. The number of nitrogens with one attached hydrogen (secondary N) is 1. The van der Waals surface area contributed by atoms with E-state index in [2.05, 4.69) is 17.1 Å². The minimum absolute atomic E-state index is 0.234. The zero-order valence-electron chi connectivity index (χ0n) is 11.5. The van der Waals surface area contributed by atoms with Gasteiger partial charge in [-0.25, -0.2) is 0 Å². The Balaban J connectivity index is 1.68. The van der Waals surface area contributed by atoms with E-state index < -0.39 is 0 Å². The standard InChI is InChI=1S/C14H27N3O/c1-11(4-7-15)2-3-14(18)16-13-10-17-8-5-12(13)6-9-17/h11-13H,2-10,15H2,1H3,(H,16,18). The maximum absolute atomic E-state index is 11.9. The third kappa shape index (κ3) is 3.69. The zero-order valence-corrected chi connectivity index (χ0v) is 11.5. The number of rotatable bonds is 6. The van der Waals surface area contributed by atoms with Gasteiger partial charge in [0.15, 0.2) is 0 Å². The Morgan fingerprint density at radius 1 is 1.39 bits per heavy atom. The van der Waals surface area contributed by atoms with Crippen molar-refractivity contribution in [3.8, 4) is 0 Å². The van der Waals surface area contributed by atoms with Gasteiger partial charge in [0.1, 0.15) is 0 Å². The van der Waals surface area contributed by atoms with Crippen LogP contribution in [-0.2, 0) is 4.79 Å². The lowest BCUT2D eigenvalue weighted by Gasteiger charge is -2.45. The van der Waals surface area contributed by atoms with E-state index in [-0.39, 0.29) is 5.91 Å². The molecule has 0 aliphatic carbocycles. The van der Waals surface area contributed by atoms with Crippen LogP contribution in [0.2, 0.25) is 0 Å². The Kier molecular flexibility index (Phi) is 5.01. The molecule has 3 aliphatic heterocycles. The normalized spacial score (nSPS) is 32.2. The molecule has 0 aromatic rings. The van der Waals surface area contributed by atoms with Gasteiger partial charge in [0.05, 0.1) is 0 Å². The molecule has 104 valence electrons. The quantitative estimate of drug-likeness (QED) is 0.741. The summed E-state index contributed by atoms with van der Waals surface area (Å²) in [6.45, 7) is 6.42. The van der Waals surface area contributed by atoms with Crippen LogP contribution in [0.4, 0.5) is 0 Å². The maximum Gasteiger partial charge on any atom is 0.220 e. The topological polar surface area (TPSA) is 58.4 Å². The van der Waals surface area contributed by atoms with Gasteiger partial charge in [-0.15, -0.1) is 0 Å². The minimum Gasteiger partial charge on any atom is -0.352 e. The highest BCUT2D eigenvalue weighted by molar-refractivity contribution is 5.76. The van der Waals surface area contributed by atoms with Gasteiger partial charge in [0.25, 0.3) is 0 Å². The van der Waals surface area contributed by atoms with E-state index in [0.29, 0.717) is 18.4 Å². The van der Waals surface area contributed by atoms with Crippen molar-refractivity contribution in [1.82, 2.24) is 10.2 Å². The molecule has 4 nitrogen and oxygen atoms in total. The summed E-state index contributed by atoms with van der Waals surface area (Å²) in [5.74, 6) is 1.52. The van der Waals surface area contributed by atoms with Crippen LogP contribution in [-0.4, -0.2) is 43.0 Å². The number of fused-ring (bicyclic) bond motifs is 3. The van der Waals surface area contributed by atoms with Crippen molar-refractivity contribution in [2.75, 3.05) is 26.2 Å². The van der Waals surface area contributed by atoms with E-state index in [1.165, 1.54) is 25.9 Å². The van der Waals surface area contributed by atoms with Gasteiger partial charge in [-0.2, -0.15) is 0 Å². The lowest BCUT2D eigenvalue weighted by molar-refractivity contribution is -0.123. The van der Waals surface area contributed by atoms with Crippen LogP contribution in [0.3, 0.4) is 0 Å². The molecule has 3 fully saturated rings. The third-order valence-electron chi connectivity index (χ3n) is 4.53. The van der Waals surface area contributed by atoms with Crippen molar-refractivity contribution in [2.45, 2.75) is 45.1 Å². The van der Waals surface area contributed by atoms with Crippen molar-refractivity contribution in [1.29, 1.82) is 0 Å². The fourth-order valence-corrected chi connectivity index (χ4v) is 3.21. The van der Waals surface area contributed by atoms with Crippen LogP contribution >= 0.6 is 0 Å². The molecule has 3 N–H and O–H groups in total. The Morgan fingerprint density at radius 2 is 2.11 bits per heavy atom. The van der Waals surface area contributed by atoms with Gasteiger partial charge in [-0.1, -0.05) is 6.92 Å². The van der Waals surface area contributed by atoms with Gasteiger partial charge in [0.2, 0.25) is 5.91 Å². The summed E-state index contributed by atoms with van der Waals surface area (Å²) in [5.41, 5.74) is 5.52. The van der Waals surface area contributed by atoms with Gasteiger partial charge < -0.3 is 16.0 Å². The summed E-state index contributed by atoms with van der Waals surface area (Å²) < 4.78 is 0. The van der Waals surface area contributed by atoms with E-state index in [1.54, 1.807) is 0 Å². The molecule has 0 spiro atoms. The Labute approximate surface area is 110 Å². The minimum atomic E-state index is 0.234. The lowest BCUT2D eigenvalue weighted by atomic mass is 9.84. The Hall–Kier alpha value is -0.610. The number of carbonyl (C=O) groups excluding carboxylic acids is 1. The van der Waals surface area contributed by atoms with Crippen molar-refractivity contribution in [2.24, 2.45) is 17.6 Å². The van der Waals surface area contributed by atoms with Crippen LogP contribution in [0.15, 0.2) is 0 Å². The van der Waals surface area contributed by atoms with Crippen LogP contribution in [0.1, 0.15) is 39.0 Å². The van der Waals surface area contributed by atoms with Gasteiger partial charge in [-0.3, -0.25) is 4.79 Å². The highest BCUT2D eigenvalue weighted by Gasteiger charge is 2.34. The first kappa shape index (κ1) is 13.8. The van der Waals surface area contributed by atoms with E-state index in [9.17, 15) is 4.79 Å². The molecule has 1 amide bonds. The summed E-state index contributed by atoms with van der Waals surface area (Å²) >= 11 is 0. The molecule has 4 heteroatoms. The molecule has 3 aliphatic rings. The monoisotopic (exact) mass is 253 g/mol. The number of carbonyl (C=O) groups is 1. The SMILES string of the molecule is CC(CCN)CCC(=O)NC1CN2CCC1CC2. The predicted octanol–water partition coefficient (Wildman–Crippen LogP) is 0.962. The van der Waals surface area contributed by atoms with Gasteiger partial charge in [0, 0.05) is 19.0 Å². The summed E-state index contributed by atoms with van der Waals surface area (Å²) in [6.07, 6.45) is 5.16. The highest BCUT2D eigenvalue weighted by atomic mass is 16.1. The largest absolute Gasteiger partial charge is 0.352 e. The first-order valence-corrected chi connectivity index (χ1v) is 7.41. The number of hydrogen-bond acceptors (Lipinski definition) is 3.